The minimum atomic E-state index is -1.87. The van der Waals surface area contributed by atoms with Gasteiger partial charge in [0, 0.05) is 16.1 Å². The van der Waals surface area contributed by atoms with E-state index in [1.54, 1.807) is 0 Å². The van der Waals surface area contributed by atoms with Gasteiger partial charge < -0.3 is 4.12 Å². The van der Waals surface area contributed by atoms with Crippen LogP contribution in [-0.2, 0) is 4.12 Å². The largest absolute Gasteiger partial charge is 0.455 e. The van der Waals surface area contributed by atoms with Gasteiger partial charge in [0.1, 0.15) is 0 Å². The number of unbranched alkanes of at least 4 members (excludes halogenated alkanes) is 2. The average molecular weight is 475 g/mol. The third-order valence-corrected chi connectivity index (χ3v) is 34.1. The van der Waals surface area contributed by atoms with Gasteiger partial charge in [-0.05, 0) is 34.5 Å². The molecule has 29 heavy (non-hydrogen) atoms. The molecule has 0 aromatic rings. The van der Waals surface area contributed by atoms with E-state index in [-0.39, 0.29) is 0 Å². The van der Waals surface area contributed by atoms with Crippen LogP contribution in [-0.4, -0.2) is 32.8 Å². The first-order valence-corrected chi connectivity index (χ1v) is 24.5. The number of hydrogen-bond acceptors (Lipinski definition) is 1. The van der Waals surface area contributed by atoms with Crippen molar-refractivity contribution in [3.63, 3.8) is 0 Å². The Bertz CT molecular complexity index is 446. The maximum Gasteiger partial charge on any atom is 0.179 e. The smallest absolute Gasteiger partial charge is 0.179 e. The normalized spacial score (nSPS) is 18.4. The molecule has 0 amide bonds. The van der Waals surface area contributed by atoms with Gasteiger partial charge >= 0.3 is 0 Å². The van der Waals surface area contributed by atoms with Gasteiger partial charge in [0.2, 0.25) is 0 Å². The van der Waals surface area contributed by atoms with E-state index in [9.17, 15) is 0 Å². The van der Waals surface area contributed by atoms with Crippen molar-refractivity contribution < 1.29 is 4.12 Å². The lowest BCUT2D eigenvalue weighted by atomic mass is 10.2. The highest BCUT2D eigenvalue weighted by molar-refractivity contribution is 7.01. The molecule has 0 aromatic heterocycles. The molecule has 1 nitrogen and oxygen atoms in total. The Hall–Kier alpha value is 0.828. The summed E-state index contributed by atoms with van der Waals surface area (Å²) in [7, 11) is -6.21. The molecule has 2 unspecified atom stereocenters. The molecular weight excluding hydrogens is 417 g/mol. The molecule has 0 aliphatic rings. The molecular formula is C24H58OSi4. The van der Waals surface area contributed by atoms with Gasteiger partial charge in [0.15, 0.2) is 16.6 Å². The lowest BCUT2D eigenvalue weighted by Gasteiger charge is -2.53. The second-order valence-corrected chi connectivity index (χ2v) is 35.2. The van der Waals surface area contributed by atoms with Crippen LogP contribution in [0.5, 0.6) is 0 Å². The Kier molecular flexibility index (Phi) is 10.9. The van der Waals surface area contributed by atoms with Gasteiger partial charge in [-0.25, -0.2) is 0 Å². The summed E-state index contributed by atoms with van der Waals surface area (Å²) in [6.45, 7) is 35.4. The fraction of sp³-hybridized carbons (Fsp3) is 1.00. The average Bonchev–Trinajstić information content (AvgIpc) is 2.47. The maximum absolute atomic E-state index is 7.73. The predicted octanol–water partition coefficient (Wildman–Crippen LogP) is 9.85. The standard InChI is InChI=1S/C24H58OSi4/c1-15-17-19-26(9,10)21-28(13,23(3,4)5)25-29(14,24(6,7)8)22-27(11,12)20-18-16-2/h15-22H2,1-14H3. The molecule has 0 aliphatic carbocycles. The highest BCUT2D eigenvalue weighted by Gasteiger charge is 2.54. The Morgan fingerprint density at radius 2 is 0.828 bits per heavy atom. The van der Waals surface area contributed by atoms with E-state index in [2.05, 4.69) is 94.7 Å². The van der Waals surface area contributed by atoms with Crippen molar-refractivity contribution in [3.8, 4) is 0 Å². The van der Waals surface area contributed by atoms with E-state index in [0.717, 1.165) is 0 Å². The maximum atomic E-state index is 7.73. The molecule has 0 heterocycles. The first-order valence-electron chi connectivity index (χ1n) is 12.4. The summed E-state index contributed by atoms with van der Waals surface area (Å²) >= 11 is 0. The molecule has 0 radical (unpaired) electrons. The van der Waals surface area contributed by atoms with Crippen molar-refractivity contribution in [2.45, 2.75) is 154 Å². The molecule has 0 fully saturated rings. The molecule has 5 heteroatoms. The molecule has 0 rings (SSSR count). The third kappa shape index (κ3) is 9.46. The SMILES string of the molecule is CCCC[Si](C)(C)C[Si](C)(O[Si](C)(C[Si](C)(C)CCCC)C(C)(C)C)C(C)(C)C. The van der Waals surface area contributed by atoms with Crippen molar-refractivity contribution >= 4 is 32.8 Å². The molecule has 0 bridgehead atoms. The van der Waals surface area contributed by atoms with Crippen LogP contribution in [0.2, 0.25) is 72.8 Å². The molecule has 176 valence electrons. The van der Waals surface area contributed by atoms with Crippen molar-refractivity contribution in [2.24, 2.45) is 0 Å². The Labute approximate surface area is 190 Å². The minimum absolute atomic E-state index is 0.304. The summed E-state index contributed by atoms with van der Waals surface area (Å²) in [6.07, 6.45) is 5.46. The van der Waals surface area contributed by atoms with Crippen LogP contribution in [0.15, 0.2) is 0 Å². The zero-order valence-electron chi connectivity index (χ0n) is 23.1. The molecule has 0 N–H and O–H groups in total. The van der Waals surface area contributed by atoms with Gasteiger partial charge in [0.25, 0.3) is 0 Å². The van der Waals surface area contributed by atoms with Gasteiger partial charge in [0.05, 0.1) is 0 Å². The molecule has 0 aromatic carbocycles. The van der Waals surface area contributed by atoms with Crippen molar-refractivity contribution in [3.05, 3.63) is 0 Å². The molecule has 0 spiro atoms. The van der Waals surface area contributed by atoms with E-state index in [1.807, 2.05) is 0 Å². The summed E-state index contributed by atoms with van der Waals surface area (Å²) in [5, 5.41) is 0.607. The van der Waals surface area contributed by atoms with Gasteiger partial charge in [-0.1, -0.05) is 119 Å². The van der Waals surface area contributed by atoms with Crippen molar-refractivity contribution in [1.82, 2.24) is 0 Å². The van der Waals surface area contributed by atoms with Crippen molar-refractivity contribution in [2.75, 3.05) is 0 Å². The van der Waals surface area contributed by atoms with Crippen molar-refractivity contribution in [1.29, 1.82) is 0 Å². The summed E-state index contributed by atoms with van der Waals surface area (Å²) in [6, 6.07) is 2.94. The monoisotopic (exact) mass is 474 g/mol. The second kappa shape index (κ2) is 10.6. The van der Waals surface area contributed by atoms with E-state index in [1.165, 1.54) is 49.1 Å². The fourth-order valence-electron chi connectivity index (χ4n) is 4.72. The summed E-state index contributed by atoms with van der Waals surface area (Å²) in [5.74, 6) is 0. The summed E-state index contributed by atoms with van der Waals surface area (Å²) in [4.78, 5) is 0. The first kappa shape index (κ1) is 29.8. The zero-order chi connectivity index (χ0) is 23.4. The van der Waals surface area contributed by atoms with E-state index in [4.69, 9.17) is 4.12 Å². The van der Waals surface area contributed by atoms with Gasteiger partial charge in [-0.15, -0.1) is 0 Å². The first-order chi connectivity index (χ1) is 12.7. The lowest BCUT2D eigenvalue weighted by Crippen LogP contribution is -2.61. The summed E-state index contributed by atoms with van der Waals surface area (Å²) < 4.78 is 7.73. The van der Waals surface area contributed by atoms with Crippen LogP contribution >= 0.6 is 0 Å². The van der Waals surface area contributed by atoms with Crippen LogP contribution in [0.25, 0.3) is 0 Å². The van der Waals surface area contributed by atoms with Crippen LogP contribution in [0.3, 0.4) is 0 Å². The molecule has 0 saturated heterocycles. The fourth-order valence-corrected chi connectivity index (χ4v) is 35.9. The number of hydrogen-bond donors (Lipinski definition) is 0. The predicted molar refractivity (Wildman–Crippen MR) is 148 cm³/mol. The van der Waals surface area contributed by atoms with Crippen LogP contribution in [0.4, 0.5) is 0 Å². The Balaban J connectivity index is 5.99. The summed E-state index contributed by atoms with van der Waals surface area (Å²) in [5.41, 5.74) is 2.86. The quantitative estimate of drug-likeness (QED) is 0.256. The van der Waals surface area contributed by atoms with E-state index in [0.29, 0.717) is 10.1 Å². The molecule has 0 aliphatic heterocycles. The van der Waals surface area contributed by atoms with E-state index < -0.39 is 32.8 Å². The van der Waals surface area contributed by atoms with E-state index >= 15 is 0 Å². The van der Waals surface area contributed by atoms with Crippen LogP contribution in [0, 0.1) is 0 Å². The van der Waals surface area contributed by atoms with Crippen LogP contribution < -0.4 is 0 Å². The molecule has 2 atom stereocenters. The highest BCUT2D eigenvalue weighted by Crippen LogP contribution is 2.50. The molecule has 0 saturated carbocycles. The zero-order valence-corrected chi connectivity index (χ0v) is 27.1. The second-order valence-electron chi connectivity index (χ2n) is 14.0. The minimum Gasteiger partial charge on any atom is -0.455 e. The number of rotatable bonds is 12. The Morgan fingerprint density at radius 1 is 0.552 bits per heavy atom. The lowest BCUT2D eigenvalue weighted by molar-refractivity contribution is 0.443. The highest BCUT2D eigenvalue weighted by atomic mass is 28.5. The van der Waals surface area contributed by atoms with Gasteiger partial charge in [-0.2, -0.15) is 0 Å². The topological polar surface area (TPSA) is 9.23 Å². The van der Waals surface area contributed by atoms with Crippen LogP contribution in [0.1, 0.15) is 81.1 Å². The third-order valence-electron chi connectivity index (χ3n) is 7.67. The Morgan fingerprint density at radius 3 is 1.03 bits per heavy atom. The van der Waals surface area contributed by atoms with Gasteiger partial charge in [-0.3, -0.25) is 0 Å².